The number of hydrogen-bond acceptors (Lipinski definition) is 6. The summed E-state index contributed by atoms with van der Waals surface area (Å²) in [6.07, 6.45) is 0. The maximum atomic E-state index is 12.8. The second-order valence-corrected chi connectivity index (χ2v) is 2.49. The lowest BCUT2D eigenvalue weighted by Crippen LogP contribution is -2.43. The smallest absolute Gasteiger partial charge is 0.363 e. The number of hydrogen-bond donors (Lipinski definition) is 3. The summed E-state index contributed by atoms with van der Waals surface area (Å²) in [5.74, 6) is -9.82. The predicted molar refractivity (Wildman–Crippen MR) is 37.6 cm³/mol. The highest BCUT2D eigenvalue weighted by atomic mass is 19.3. The molecule has 0 unspecified atom stereocenters. The van der Waals surface area contributed by atoms with E-state index in [-0.39, 0.29) is 0 Å². The Morgan fingerprint density at radius 3 is 1.27 bits per heavy atom. The van der Waals surface area contributed by atoms with Gasteiger partial charge in [0.25, 0.3) is 0 Å². The molecule has 0 amide bonds. The normalized spacial score (nSPS) is 31.6. The average Bonchev–Trinajstić information content (AvgIpc) is 2.30. The van der Waals surface area contributed by atoms with E-state index in [1.807, 2.05) is 10.3 Å². The first-order valence-electron chi connectivity index (χ1n) is 3.28. The fourth-order valence-corrected chi connectivity index (χ4v) is 1.02. The molecule has 1 saturated carbocycles. The molecule has 3 N–H and O–H groups in total. The quantitative estimate of drug-likeness (QED) is 0.325. The number of oxime groups is 3. The molecule has 1 fully saturated rings. The number of alkyl halides is 4. The standard InChI is InChI=1S/C5H3F4N3O3/c6-4(7)2(11-14)1(10-13)3(12-15)5(4,8)9/h13-15H/b10-1?,11-2-,12-3+. The minimum Gasteiger partial charge on any atom is -0.410 e. The maximum Gasteiger partial charge on any atom is 0.363 e. The molecule has 0 aliphatic heterocycles. The van der Waals surface area contributed by atoms with Gasteiger partial charge in [0.05, 0.1) is 0 Å². The molecule has 0 aromatic carbocycles. The van der Waals surface area contributed by atoms with Crippen LogP contribution in [0.5, 0.6) is 0 Å². The summed E-state index contributed by atoms with van der Waals surface area (Å²) >= 11 is 0. The van der Waals surface area contributed by atoms with Gasteiger partial charge in [0.15, 0.2) is 17.1 Å². The predicted octanol–water partition coefficient (Wildman–Crippen LogP) is 0.761. The lowest BCUT2D eigenvalue weighted by Gasteiger charge is -2.15. The minimum absolute atomic E-state index is 1.48. The lowest BCUT2D eigenvalue weighted by atomic mass is 10.2. The zero-order valence-corrected chi connectivity index (χ0v) is 6.70. The highest BCUT2D eigenvalue weighted by Crippen LogP contribution is 2.43. The van der Waals surface area contributed by atoms with E-state index >= 15 is 0 Å². The zero-order valence-electron chi connectivity index (χ0n) is 6.70. The Hall–Kier alpha value is -1.87. The van der Waals surface area contributed by atoms with Crippen molar-refractivity contribution in [1.29, 1.82) is 0 Å². The molecule has 1 aliphatic rings. The molecule has 15 heavy (non-hydrogen) atoms. The molecular weight excluding hydrogens is 226 g/mol. The van der Waals surface area contributed by atoms with Crippen molar-refractivity contribution in [3.8, 4) is 0 Å². The Morgan fingerprint density at radius 1 is 0.733 bits per heavy atom. The summed E-state index contributed by atoms with van der Waals surface area (Å²) in [5, 5.41) is 30.2. The summed E-state index contributed by atoms with van der Waals surface area (Å²) < 4.78 is 51.3. The van der Waals surface area contributed by atoms with Gasteiger partial charge in [0.2, 0.25) is 0 Å². The van der Waals surface area contributed by atoms with Gasteiger partial charge >= 0.3 is 11.8 Å². The van der Waals surface area contributed by atoms with E-state index in [2.05, 4.69) is 5.16 Å². The largest absolute Gasteiger partial charge is 0.410 e. The molecule has 6 nitrogen and oxygen atoms in total. The number of halogens is 4. The van der Waals surface area contributed by atoms with Gasteiger partial charge in [-0.1, -0.05) is 15.5 Å². The van der Waals surface area contributed by atoms with E-state index in [9.17, 15) is 17.6 Å². The van der Waals surface area contributed by atoms with Crippen molar-refractivity contribution in [2.45, 2.75) is 11.8 Å². The highest BCUT2D eigenvalue weighted by Gasteiger charge is 2.73. The van der Waals surface area contributed by atoms with E-state index in [4.69, 9.17) is 15.6 Å². The molecule has 0 bridgehead atoms. The maximum absolute atomic E-state index is 12.8. The Kier molecular flexibility index (Phi) is 2.29. The average molecular weight is 229 g/mol. The van der Waals surface area contributed by atoms with Crippen LogP contribution in [-0.2, 0) is 0 Å². The number of rotatable bonds is 0. The summed E-state index contributed by atoms with van der Waals surface area (Å²) in [7, 11) is 0. The Morgan fingerprint density at radius 2 is 1.07 bits per heavy atom. The van der Waals surface area contributed by atoms with Crippen molar-refractivity contribution < 1.29 is 33.2 Å². The zero-order chi connectivity index (χ0) is 11.9. The monoisotopic (exact) mass is 229 g/mol. The van der Waals surface area contributed by atoms with Gasteiger partial charge in [-0.05, 0) is 0 Å². The van der Waals surface area contributed by atoms with E-state index in [1.165, 1.54) is 0 Å². The van der Waals surface area contributed by atoms with Crippen molar-refractivity contribution in [3.05, 3.63) is 0 Å². The van der Waals surface area contributed by atoms with Gasteiger partial charge in [0.1, 0.15) is 0 Å². The third-order valence-electron chi connectivity index (χ3n) is 1.74. The molecule has 1 rings (SSSR count). The van der Waals surface area contributed by atoms with Crippen molar-refractivity contribution in [2.75, 3.05) is 0 Å². The van der Waals surface area contributed by atoms with Crippen LogP contribution >= 0.6 is 0 Å². The second kappa shape index (κ2) is 3.07. The molecule has 0 saturated heterocycles. The molecule has 84 valence electrons. The fourth-order valence-electron chi connectivity index (χ4n) is 1.02. The molecule has 0 aromatic rings. The van der Waals surface area contributed by atoms with Gasteiger partial charge in [-0.15, -0.1) is 0 Å². The molecule has 0 aromatic heterocycles. The van der Waals surface area contributed by atoms with Crippen LogP contribution in [0.4, 0.5) is 17.6 Å². The van der Waals surface area contributed by atoms with Gasteiger partial charge in [-0.3, -0.25) is 0 Å². The van der Waals surface area contributed by atoms with Crippen LogP contribution in [0.3, 0.4) is 0 Å². The third kappa shape index (κ3) is 1.13. The van der Waals surface area contributed by atoms with Crippen LogP contribution in [0.1, 0.15) is 0 Å². The van der Waals surface area contributed by atoms with Gasteiger partial charge in [0, 0.05) is 0 Å². The fraction of sp³-hybridized carbons (Fsp3) is 0.400. The first-order valence-corrected chi connectivity index (χ1v) is 3.28. The minimum atomic E-state index is -4.91. The van der Waals surface area contributed by atoms with Crippen LogP contribution in [0.2, 0.25) is 0 Å². The van der Waals surface area contributed by atoms with Crippen molar-refractivity contribution in [1.82, 2.24) is 0 Å². The SMILES string of the molecule is ON=C1/C(=N/O)C(F)(F)C(F)(F)/C1=N/O. The topological polar surface area (TPSA) is 97.8 Å². The Balaban J connectivity index is 3.53. The first-order chi connectivity index (χ1) is 6.84. The molecule has 0 radical (unpaired) electrons. The van der Waals surface area contributed by atoms with Crippen LogP contribution < -0.4 is 0 Å². The van der Waals surface area contributed by atoms with Gasteiger partial charge in [-0.25, -0.2) is 0 Å². The van der Waals surface area contributed by atoms with Gasteiger partial charge < -0.3 is 15.6 Å². The van der Waals surface area contributed by atoms with Crippen molar-refractivity contribution in [3.63, 3.8) is 0 Å². The Labute approximate surface area is 78.8 Å². The van der Waals surface area contributed by atoms with Gasteiger partial charge in [-0.2, -0.15) is 17.6 Å². The summed E-state index contributed by atoms with van der Waals surface area (Å²) in [5.41, 5.74) is -5.22. The van der Waals surface area contributed by atoms with E-state index < -0.39 is 29.0 Å². The highest BCUT2D eigenvalue weighted by molar-refractivity contribution is 6.75. The molecule has 1 aliphatic carbocycles. The summed E-state index contributed by atoms with van der Waals surface area (Å²) in [6.45, 7) is 0. The molecule has 0 atom stereocenters. The lowest BCUT2D eigenvalue weighted by molar-refractivity contribution is -0.113. The van der Waals surface area contributed by atoms with Crippen LogP contribution in [-0.4, -0.2) is 44.6 Å². The first kappa shape index (κ1) is 11.2. The molecule has 10 heteroatoms. The summed E-state index contributed by atoms with van der Waals surface area (Å²) in [6, 6.07) is 0. The summed E-state index contributed by atoms with van der Waals surface area (Å²) in [4.78, 5) is 0. The third-order valence-corrected chi connectivity index (χ3v) is 1.74. The van der Waals surface area contributed by atoms with Crippen molar-refractivity contribution in [2.24, 2.45) is 15.5 Å². The molecule has 0 spiro atoms. The molecule has 0 heterocycles. The van der Waals surface area contributed by atoms with E-state index in [0.717, 1.165) is 0 Å². The Bertz CT molecular complexity index is 344. The van der Waals surface area contributed by atoms with Crippen LogP contribution in [0, 0.1) is 0 Å². The van der Waals surface area contributed by atoms with E-state index in [1.54, 1.807) is 0 Å². The van der Waals surface area contributed by atoms with Crippen LogP contribution in [0.15, 0.2) is 15.5 Å². The second-order valence-electron chi connectivity index (χ2n) is 2.49. The van der Waals surface area contributed by atoms with Crippen LogP contribution in [0.25, 0.3) is 0 Å². The molecular formula is C5H3F4N3O3. The van der Waals surface area contributed by atoms with E-state index in [0.29, 0.717) is 0 Å². The van der Waals surface area contributed by atoms with Crippen molar-refractivity contribution >= 4 is 17.1 Å². The number of nitrogens with zero attached hydrogens (tertiary/aromatic N) is 3.